The van der Waals surface area contributed by atoms with E-state index in [1.807, 2.05) is 0 Å². The number of rotatable bonds is 2. The van der Waals surface area contributed by atoms with Gasteiger partial charge in [-0.25, -0.2) is 4.52 Å². The number of hydrogen-bond donors (Lipinski definition) is 0. The van der Waals surface area contributed by atoms with Gasteiger partial charge in [-0.2, -0.15) is 31.9 Å². The van der Waals surface area contributed by atoms with Crippen molar-refractivity contribution in [3.8, 4) is 11.8 Å². The second-order valence-electron chi connectivity index (χ2n) is 3.48. The molecule has 0 aliphatic rings. The van der Waals surface area contributed by atoms with E-state index in [0.717, 1.165) is 16.6 Å². The second kappa shape index (κ2) is 4.64. The molecule has 0 spiro atoms. The smallest absolute Gasteiger partial charge is 0.374 e. The molecule has 2 aromatic heterocycles. The summed E-state index contributed by atoms with van der Waals surface area (Å²) in [5.74, 6) is -0.592. The Morgan fingerprint density at radius 2 is 2.05 bits per heavy atom. The van der Waals surface area contributed by atoms with Crippen molar-refractivity contribution in [2.75, 3.05) is 0 Å². The van der Waals surface area contributed by atoms with Crippen LogP contribution < -0.4 is 4.18 Å². The van der Waals surface area contributed by atoms with Gasteiger partial charge in [0, 0.05) is 16.7 Å². The Morgan fingerprint density at radius 1 is 1.40 bits per heavy atom. The second-order valence-corrected chi connectivity index (χ2v) is 5.93. The van der Waals surface area contributed by atoms with Crippen molar-refractivity contribution in [1.82, 2.24) is 9.61 Å². The third-order valence-corrected chi connectivity index (χ3v) is 3.50. The first-order chi connectivity index (χ1) is 9.14. The summed E-state index contributed by atoms with van der Waals surface area (Å²) in [4.78, 5) is 0. The van der Waals surface area contributed by atoms with Crippen LogP contribution in [0.25, 0.3) is 5.52 Å². The number of pyridine rings is 1. The fourth-order valence-corrected chi connectivity index (χ4v) is 2.18. The van der Waals surface area contributed by atoms with Gasteiger partial charge in [0.05, 0.1) is 0 Å². The van der Waals surface area contributed by atoms with Gasteiger partial charge < -0.3 is 4.18 Å². The predicted molar refractivity (Wildman–Crippen MR) is 63.2 cm³/mol. The van der Waals surface area contributed by atoms with E-state index in [1.54, 1.807) is 6.07 Å². The fourth-order valence-electron chi connectivity index (χ4n) is 1.32. The van der Waals surface area contributed by atoms with Crippen LogP contribution >= 0.6 is 15.9 Å². The monoisotopic (exact) mass is 369 g/mol. The Labute approximate surface area is 118 Å². The van der Waals surface area contributed by atoms with Crippen LogP contribution in [-0.4, -0.2) is 23.5 Å². The maximum atomic E-state index is 12.3. The van der Waals surface area contributed by atoms with Gasteiger partial charge >= 0.3 is 15.6 Å². The number of halogens is 4. The van der Waals surface area contributed by atoms with Crippen LogP contribution in [0.5, 0.6) is 5.75 Å². The summed E-state index contributed by atoms with van der Waals surface area (Å²) in [6.07, 6.45) is 1.34. The van der Waals surface area contributed by atoms with E-state index in [4.69, 9.17) is 5.26 Å². The highest BCUT2D eigenvalue weighted by molar-refractivity contribution is 9.10. The summed E-state index contributed by atoms with van der Waals surface area (Å²) in [5.41, 5.74) is -5.74. The van der Waals surface area contributed by atoms with Gasteiger partial charge in [-0.1, -0.05) is 0 Å². The third-order valence-electron chi connectivity index (χ3n) is 2.10. The highest BCUT2D eigenvalue weighted by Gasteiger charge is 2.48. The highest BCUT2D eigenvalue weighted by atomic mass is 79.9. The molecule has 0 N–H and O–H groups in total. The van der Waals surface area contributed by atoms with Gasteiger partial charge in [0.1, 0.15) is 11.6 Å². The quantitative estimate of drug-likeness (QED) is 0.598. The Bertz CT molecular complexity index is 823. The number of nitrogens with zero attached hydrogens (tertiary/aromatic N) is 3. The summed E-state index contributed by atoms with van der Waals surface area (Å²) >= 11 is 2.97. The van der Waals surface area contributed by atoms with Gasteiger partial charge in [-0.05, 0) is 22.0 Å². The molecule has 0 radical (unpaired) electrons. The van der Waals surface area contributed by atoms with E-state index in [0.29, 0.717) is 0 Å². The Morgan fingerprint density at radius 3 is 2.60 bits per heavy atom. The highest BCUT2D eigenvalue weighted by Crippen LogP contribution is 2.31. The van der Waals surface area contributed by atoms with E-state index >= 15 is 0 Å². The lowest BCUT2D eigenvalue weighted by Gasteiger charge is -2.10. The van der Waals surface area contributed by atoms with Crippen LogP contribution in [0.2, 0.25) is 0 Å². The topological polar surface area (TPSA) is 84.5 Å². The zero-order valence-corrected chi connectivity index (χ0v) is 11.6. The summed E-state index contributed by atoms with van der Waals surface area (Å²) in [6, 6.07) is 3.82. The van der Waals surface area contributed by atoms with Crippen molar-refractivity contribution in [3.63, 3.8) is 0 Å². The van der Waals surface area contributed by atoms with E-state index in [1.165, 1.54) is 6.20 Å². The number of aromatic nitrogens is 2. The van der Waals surface area contributed by atoms with Crippen LogP contribution in [0.4, 0.5) is 13.2 Å². The molecule has 0 aliphatic carbocycles. The van der Waals surface area contributed by atoms with Gasteiger partial charge in [-0.15, -0.1) is 0 Å². The number of nitriles is 1. The molecule has 0 fully saturated rings. The molecule has 2 aromatic rings. The van der Waals surface area contributed by atoms with Crippen molar-refractivity contribution >= 4 is 31.6 Å². The molecule has 0 atom stereocenters. The van der Waals surface area contributed by atoms with Crippen LogP contribution in [0.3, 0.4) is 0 Å². The summed E-state index contributed by atoms with van der Waals surface area (Å²) in [6.45, 7) is 0. The number of alkyl halides is 3. The lowest BCUT2D eigenvalue weighted by molar-refractivity contribution is -0.0499. The van der Waals surface area contributed by atoms with Crippen molar-refractivity contribution in [2.45, 2.75) is 5.51 Å². The largest absolute Gasteiger partial charge is 0.534 e. The fraction of sp³-hybridized carbons (Fsp3) is 0.111. The molecule has 0 saturated carbocycles. The van der Waals surface area contributed by atoms with Gasteiger partial charge in [0.25, 0.3) is 0 Å². The molecule has 6 nitrogen and oxygen atoms in total. The van der Waals surface area contributed by atoms with Crippen LogP contribution in [0, 0.1) is 11.3 Å². The molecule has 0 amide bonds. The van der Waals surface area contributed by atoms with Gasteiger partial charge in [0.15, 0.2) is 11.4 Å². The maximum absolute atomic E-state index is 12.3. The zero-order valence-electron chi connectivity index (χ0n) is 9.22. The van der Waals surface area contributed by atoms with Crippen LogP contribution in [0.15, 0.2) is 22.8 Å². The Balaban J connectivity index is 2.61. The predicted octanol–water partition coefficient (Wildman–Crippen LogP) is 2.20. The summed E-state index contributed by atoms with van der Waals surface area (Å²) < 4.78 is 64.2. The lowest BCUT2D eigenvalue weighted by Crippen LogP contribution is -2.28. The molecular weight excluding hydrogens is 367 g/mol. The first kappa shape index (κ1) is 14.6. The Hall–Kier alpha value is -1.80. The average molecular weight is 370 g/mol. The van der Waals surface area contributed by atoms with Crippen molar-refractivity contribution in [3.05, 3.63) is 28.5 Å². The maximum Gasteiger partial charge on any atom is 0.534 e. The molecule has 0 unspecified atom stereocenters. The first-order valence-electron chi connectivity index (χ1n) is 4.74. The molecule has 20 heavy (non-hydrogen) atoms. The molecule has 0 aromatic carbocycles. The summed E-state index contributed by atoms with van der Waals surface area (Å²) in [5, 5.41) is 12.4. The molecule has 0 saturated heterocycles. The van der Waals surface area contributed by atoms with E-state index < -0.39 is 21.4 Å². The first-order valence-corrected chi connectivity index (χ1v) is 6.94. The minimum atomic E-state index is -5.80. The normalized spacial score (nSPS) is 12.3. The molecule has 106 valence electrons. The van der Waals surface area contributed by atoms with Gasteiger partial charge in [0.2, 0.25) is 0 Å². The molecule has 11 heteroatoms. The minimum Gasteiger partial charge on any atom is -0.374 e. The Kier molecular flexibility index (Phi) is 3.39. The number of hydrogen-bond acceptors (Lipinski definition) is 5. The van der Waals surface area contributed by atoms with Crippen LogP contribution in [-0.2, 0) is 10.1 Å². The van der Waals surface area contributed by atoms with E-state index in [9.17, 15) is 21.6 Å². The number of fused-ring (bicyclic) bond motifs is 1. The van der Waals surface area contributed by atoms with Crippen LogP contribution in [0.1, 0.15) is 5.69 Å². The minimum absolute atomic E-state index is 0.0856. The van der Waals surface area contributed by atoms with Crippen molar-refractivity contribution in [1.29, 1.82) is 5.26 Å². The zero-order chi connectivity index (χ0) is 15.1. The molecule has 0 bridgehead atoms. The standard InChI is InChI=1S/C9H3BrF3N3O3S/c10-5-1-8(19-20(17,18)9(11,12)13)7-2-6(3-14)15-16(7)4-5/h1-2,4H. The average Bonchev–Trinajstić information content (AvgIpc) is 2.69. The summed E-state index contributed by atoms with van der Waals surface area (Å²) in [7, 11) is -5.80. The molecule has 2 heterocycles. The SMILES string of the molecule is N#Cc1cc2c(OS(=O)(=O)C(F)(F)F)cc(Br)cn2n1. The molecule has 0 aliphatic heterocycles. The molecule has 2 rings (SSSR count). The van der Waals surface area contributed by atoms with E-state index in [-0.39, 0.29) is 15.7 Å². The third kappa shape index (κ3) is 2.56. The van der Waals surface area contributed by atoms with Crippen molar-refractivity contribution < 1.29 is 25.8 Å². The van der Waals surface area contributed by atoms with E-state index in [2.05, 4.69) is 25.2 Å². The lowest BCUT2D eigenvalue weighted by atomic mass is 10.3. The van der Waals surface area contributed by atoms with Crippen molar-refractivity contribution in [2.24, 2.45) is 0 Å². The molecular formula is C9H3BrF3N3O3S. The van der Waals surface area contributed by atoms with Gasteiger partial charge in [-0.3, -0.25) is 0 Å².